The molecular formula is C19H24N2O2. The number of aliphatic hydroxyl groups is 1. The standard InChI is InChI=1S/C19H24N2O2/c1-14-9-10-16(17(11-14)21(2)3)13-20-19(23)12-18(22)15-7-5-4-6-8-15/h4-11,18,22H,12-13H2,1-3H3,(H,20,23). The Labute approximate surface area is 137 Å². The highest BCUT2D eigenvalue weighted by Crippen LogP contribution is 2.20. The molecule has 0 bridgehead atoms. The van der Waals surface area contributed by atoms with Crippen LogP contribution in [0.1, 0.15) is 29.2 Å². The highest BCUT2D eigenvalue weighted by Gasteiger charge is 2.13. The van der Waals surface area contributed by atoms with Crippen molar-refractivity contribution >= 4 is 11.6 Å². The molecule has 2 rings (SSSR count). The van der Waals surface area contributed by atoms with Gasteiger partial charge in [-0.05, 0) is 29.7 Å². The van der Waals surface area contributed by atoms with E-state index in [0.29, 0.717) is 6.54 Å². The molecule has 0 radical (unpaired) electrons. The molecule has 2 N–H and O–H groups in total. The Bertz CT molecular complexity index is 654. The predicted octanol–water partition coefficient (Wildman–Crippen LogP) is 2.80. The second-order valence-electron chi connectivity index (χ2n) is 5.93. The van der Waals surface area contributed by atoms with Crippen LogP contribution in [0.3, 0.4) is 0 Å². The van der Waals surface area contributed by atoms with E-state index >= 15 is 0 Å². The number of amides is 1. The summed E-state index contributed by atoms with van der Waals surface area (Å²) in [7, 11) is 3.97. The number of hydrogen-bond donors (Lipinski definition) is 2. The van der Waals surface area contributed by atoms with E-state index in [0.717, 1.165) is 16.8 Å². The van der Waals surface area contributed by atoms with Gasteiger partial charge in [-0.3, -0.25) is 4.79 Å². The molecule has 122 valence electrons. The van der Waals surface area contributed by atoms with Gasteiger partial charge in [-0.15, -0.1) is 0 Å². The number of benzene rings is 2. The van der Waals surface area contributed by atoms with Gasteiger partial charge in [-0.25, -0.2) is 0 Å². The molecule has 1 atom stereocenters. The Morgan fingerprint density at radius 2 is 1.87 bits per heavy atom. The molecule has 0 aliphatic rings. The van der Waals surface area contributed by atoms with Crippen LogP contribution in [0.25, 0.3) is 0 Å². The lowest BCUT2D eigenvalue weighted by molar-refractivity contribution is -0.123. The number of aliphatic hydroxyl groups excluding tert-OH is 1. The number of rotatable bonds is 6. The molecule has 0 saturated heterocycles. The number of aryl methyl sites for hydroxylation is 1. The van der Waals surface area contributed by atoms with E-state index in [9.17, 15) is 9.90 Å². The van der Waals surface area contributed by atoms with Gasteiger partial charge in [-0.2, -0.15) is 0 Å². The number of nitrogens with one attached hydrogen (secondary N) is 1. The zero-order valence-corrected chi connectivity index (χ0v) is 13.9. The van der Waals surface area contributed by atoms with Crippen molar-refractivity contribution in [3.63, 3.8) is 0 Å². The summed E-state index contributed by atoms with van der Waals surface area (Å²) in [6.45, 7) is 2.50. The average molecular weight is 312 g/mol. The van der Waals surface area contributed by atoms with Crippen LogP contribution >= 0.6 is 0 Å². The van der Waals surface area contributed by atoms with Crippen LogP contribution in [0.2, 0.25) is 0 Å². The van der Waals surface area contributed by atoms with Crippen LogP contribution in [0.5, 0.6) is 0 Å². The first-order valence-corrected chi connectivity index (χ1v) is 7.74. The minimum atomic E-state index is -0.775. The van der Waals surface area contributed by atoms with E-state index in [1.807, 2.05) is 68.4 Å². The summed E-state index contributed by atoms with van der Waals surface area (Å²) in [6.07, 6.45) is -0.713. The van der Waals surface area contributed by atoms with Crippen LogP contribution in [0, 0.1) is 6.92 Å². The number of carbonyl (C=O) groups excluding carboxylic acids is 1. The molecule has 2 aromatic rings. The lowest BCUT2D eigenvalue weighted by Crippen LogP contribution is -2.25. The fourth-order valence-corrected chi connectivity index (χ4v) is 2.47. The van der Waals surface area contributed by atoms with Gasteiger partial charge in [0.25, 0.3) is 0 Å². The van der Waals surface area contributed by atoms with Crippen molar-refractivity contribution in [3.05, 3.63) is 65.2 Å². The molecule has 0 saturated carbocycles. The summed E-state index contributed by atoms with van der Waals surface area (Å²) in [4.78, 5) is 14.1. The summed E-state index contributed by atoms with van der Waals surface area (Å²) in [5, 5.41) is 13.0. The maximum atomic E-state index is 12.1. The first-order valence-electron chi connectivity index (χ1n) is 7.74. The molecular weight excluding hydrogens is 288 g/mol. The second kappa shape index (κ2) is 7.79. The van der Waals surface area contributed by atoms with E-state index < -0.39 is 6.10 Å². The lowest BCUT2D eigenvalue weighted by Gasteiger charge is -2.19. The molecule has 2 aromatic carbocycles. The number of hydrogen-bond acceptors (Lipinski definition) is 3. The van der Waals surface area contributed by atoms with Crippen molar-refractivity contribution in [3.8, 4) is 0 Å². The molecule has 1 amide bonds. The SMILES string of the molecule is Cc1ccc(CNC(=O)CC(O)c2ccccc2)c(N(C)C)c1. The Kier molecular flexibility index (Phi) is 5.77. The third-order valence-corrected chi connectivity index (χ3v) is 3.76. The zero-order valence-electron chi connectivity index (χ0n) is 13.9. The molecule has 23 heavy (non-hydrogen) atoms. The van der Waals surface area contributed by atoms with Gasteiger partial charge < -0.3 is 15.3 Å². The summed E-state index contributed by atoms with van der Waals surface area (Å²) in [6, 6.07) is 15.4. The quantitative estimate of drug-likeness (QED) is 0.862. The maximum Gasteiger partial charge on any atom is 0.223 e. The topological polar surface area (TPSA) is 52.6 Å². The van der Waals surface area contributed by atoms with Gasteiger partial charge in [-0.1, -0.05) is 42.5 Å². The van der Waals surface area contributed by atoms with E-state index in [1.165, 1.54) is 5.56 Å². The lowest BCUT2D eigenvalue weighted by atomic mass is 10.1. The second-order valence-corrected chi connectivity index (χ2v) is 5.93. The molecule has 0 aliphatic carbocycles. The molecule has 1 unspecified atom stereocenters. The smallest absolute Gasteiger partial charge is 0.223 e. The highest BCUT2D eigenvalue weighted by molar-refractivity contribution is 5.77. The van der Waals surface area contributed by atoms with Gasteiger partial charge in [0.2, 0.25) is 5.91 Å². The van der Waals surface area contributed by atoms with Crippen LogP contribution in [-0.2, 0) is 11.3 Å². The van der Waals surface area contributed by atoms with E-state index in [2.05, 4.69) is 11.4 Å². The van der Waals surface area contributed by atoms with Crippen LogP contribution in [0.15, 0.2) is 48.5 Å². The summed E-state index contributed by atoms with van der Waals surface area (Å²) in [5.41, 5.74) is 4.09. The highest BCUT2D eigenvalue weighted by atomic mass is 16.3. The fourth-order valence-electron chi connectivity index (χ4n) is 2.47. The average Bonchev–Trinajstić information content (AvgIpc) is 2.54. The van der Waals surface area contributed by atoms with Gasteiger partial charge in [0.15, 0.2) is 0 Å². The molecule has 4 nitrogen and oxygen atoms in total. The molecule has 0 heterocycles. The Morgan fingerprint density at radius 3 is 2.52 bits per heavy atom. The first kappa shape index (κ1) is 17.0. The monoisotopic (exact) mass is 312 g/mol. The largest absolute Gasteiger partial charge is 0.388 e. The van der Waals surface area contributed by atoms with E-state index in [-0.39, 0.29) is 12.3 Å². The van der Waals surface area contributed by atoms with Crippen molar-refractivity contribution in [2.45, 2.75) is 26.0 Å². The predicted molar refractivity (Wildman–Crippen MR) is 93.4 cm³/mol. The van der Waals surface area contributed by atoms with Crippen LogP contribution in [-0.4, -0.2) is 25.1 Å². The molecule has 0 fully saturated rings. The normalized spacial score (nSPS) is 11.8. The minimum absolute atomic E-state index is 0.0627. The van der Waals surface area contributed by atoms with Gasteiger partial charge in [0.1, 0.15) is 0 Å². The van der Waals surface area contributed by atoms with Crippen molar-refractivity contribution in [2.24, 2.45) is 0 Å². The van der Waals surface area contributed by atoms with E-state index in [4.69, 9.17) is 0 Å². The van der Waals surface area contributed by atoms with Crippen LogP contribution < -0.4 is 10.2 Å². The maximum absolute atomic E-state index is 12.1. The fraction of sp³-hybridized carbons (Fsp3) is 0.316. The van der Waals surface area contributed by atoms with Gasteiger partial charge in [0.05, 0.1) is 12.5 Å². The third kappa shape index (κ3) is 4.83. The third-order valence-electron chi connectivity index (χ3n) is 3.76. The summed E-state index contributed by atoms with van der Waals surface area (Å²) in [5.74, 6) is -0.161. The van der Waals surface area contributed by atoms with Gasteiger partial charge >= 0.3 is 0 Å². The Hall–Kier alpha value is -2.33. The van der Waals surface area contributed by atoms with Gasteiger partial charge in [0, 0.05) is 26.3 Å². The number of carbonyl (C=O) groups is 1. The Balaban J connectivity index is 1.95. The Morgan fingerprint density at radius 1 is 1.17 bits per heavy atom. The molecule has 0 aliphatic heterocycles. The zero-order chi connectivity index (χ0) is 16.8. The first-order chi connectivity index (χ1) is 11.0. The molecule has 0 aromatic heterocycles. The number of nitrogens with zero attached hydrogens (tertiary/aromatic N) is 1. The van der Waals surface area contributed by atoms with Crippen molar-refractivity contribution in [2.75, 3.05) is 19.0 Å². The van der Waals surface area contributed by atoms with Crippen molar-refractivity contribution in [1.29, 1.82) is 0 Å². The summed E-state index contributed by atoms with van der Waals surface area (Å²) < 4.78 is 0. The summed E-state index contributed by atoms with van der Waals surface area (Å²) >= 11 is 0. The van der Waals surface area contributed by atoms with E-state index in [1.54, 1.807) is 0 Å². The minimum Gasteiger partial charge on any atom is -0.388 e. The number of anilines is 1. The molecule has 0 spiro atoms. The van der Waals surface area contributed by atoms with Crippen molar-refractivity contribution < 1.29 is 9.90 Å². The van der Waals surface area contributed by atoms with Crippen molar-refractivity contribution in [1.82, 2.24) is 5.32 Å². The molecule has 4 heteroatoms. The van der Waals surface area contributed by atoms with Crippen LogP contribution in [0.4, 0.5) is 5.69 Å².